The van der Waals surface area contributed by atoms with Crippen molar-refractivity contribution in [3.05, 3.63) is 24.3 Å². The highest BCUT2D eigenvalue weighted by Crippen LogP contribution is 2.18. The van der Waals surface area contributed by atoms with Crippen LogP contribution >= 0.6 is 0 Å². The van der Waals surface area contributed by atoms with Crippen molar-refractivity contribution in [3.63, 3.8) is 0 Å². The van der Waals surface area contributed by atoms with Crippen LogP contribution in [-0.2, 0) is 28.6 Å². The van der Waals surface area contributed by atoms with Crippen LogP contribution in [0.4, 0.5) is 0 Å². The summed E-state index contributed by atoms with van der Waals surface area (Å²) < 4.78 is 16.9. The summed E-state index contributed by atoms with van der Waals surface area (Å²) in [6.07, 6.45) is 73.3. The van der Waals surface area contributed by atoms with Gasteiger partial charge in [0.2, 0.25) is 0 Å². The Balaban J connectivity index is 4.23. The summed E-state index contributed by atoms with van der Waals surface area (Å²) in [5, 5.41) is 0. The Hall–Kier alpha value is -2.11. The predicted octanol–water partition coefficient (Wildman–Crippen LogP) is 21.8. The maximum Gasteiger partial charge on any atom is 0.306 e. The lowest BCUT2D eigenvalue weighted by atomic mass is 10.0. The molecule has 0 aromatic heterocycles. The first-order valence-electron chi connectivity index (χ1n) is 32.3. The fourth-order valence-electron chi connectivity index (χ4n) is 9.83. The zero-order valence-corrected chi connectivity index (χ0v) is 48.7. The van der Waals surface area contributed by atoms with Crippen LogP contribution in [0.25, 0.3) is 0 Å². The molecule has 0 aliphatic carbocycles. The minimum absolute atomic E-state index is 0.0668. The second-order valence-corrected chi connectivity index (χ2v) is 22.0. The quantitative estimate of drug-likeness (QED) is 0.0261. The average Bonchev–Trinajstić information content (AvgIpc) is 3.38. The topological polar surface area (TPSA) is 78.9 Å². The molecule has 0 amide bonds. The largest absolute Gasteiger partial charge is 0.462 e. The fraction of sp³-hybridized carbons (Fsp3) is 0.894. The van der Waals surface area contributed by atoms with Crippen molar-refractivity contribution in [1.29, 1.82) is 0 Å². The van der Waals surface area contributed by atoms with Crippen LogP contribution in [0.2, 0.25) is 0 Å². The molecule has 0 aliphatic heterocycles. The third-order valence-corrected chi connectivity index (χ3v) is 14.7. The molecule has 1 atom stereocenters. The molecule has 0 N–H and O–H groups in total. The molecule has 0 heterocycles. The first-order chi connectivity index (χ1) is 35.5. The molecular formula is C66H124O6. The summed E-state index contributed by atoms with van der Waals surface area (Å²) in [5.74, 6) is -0.844. The molecule has 0 saturated carbocycles. The molecule has 1 unspecified atom stereocenters. The predicted molar refractivity (Wildman–Crippen MR) is 312 cm³/mol. The SMILES string of the molecule is CCCCC/C=C\C/C=C\CCCCCCCCCCCC(=O)OC(COC(=O)CCCCCCCCCCCCCC)COC(=O)CCCCCCCCCCCCCCCCCCCCCCCCC. The van der Waals surface area contributed by atoms with Gasteiger partial charge in [0.15, 0.2) is 6.10 Å². The molecule has 0 aromatic rings. The van der Waals surface area contributed by atoms with E-state index in [1.807, 2.05) is 0 Å². The Bertz CT molecular complexity index is 1160. The van der Waals surface area contributed by atoms with Gasteiger partial charge in [-0.2, -0.15) is 0 Å². The van der Waals surface area contributed by atoms with Gasteiger partial charge in [-0.25, -0.2) is 0 Å². The van der Waals surface area contributed by atoms with E-state index in [1.165, 1.54) is 257 Å². The van der Waals surface area contributed by atoms with E-state index < -0.39 is 6.10 Å². The zero-order valence-electron chi connectivity index (χ0n) is 48.7. The highest BCUT2D eigenvalue weighted by molar-refractivity contribution is 5.71. The molecule has 0 fully saturated rings. The molecule has 0 saturated heterocycles. The van der Waals surface area contributed by atoms with Crippen LogP contribution in [0.5, 0.6) is 0 Å². The standard InChI is InChI=1S/C66H124O6/c1-4-7-10-13-16-19-22-25-27-29-31-32-33-34-36-37-39-41-44-47-50-53-56-59-65(68)71-62-63(61-70-64(67)58-55-52-49-46-43-24-21-18-15-12-9-6-3)72-66(69)60-57-54-51-48-45-42-40-38-35-30-28-26-23-20-17-14-11-8-5-2/h17,20,26,28,63H,4-16,18-19,21-25,27,29-62H2,1-3H3/b20-17-,28-26-. The maximum absolute atomic E-state index is 12.9. The van der Waals surface area contributed by atoms with Gasteiger partial charge < -0.3 is 14.2 Å². The third-order valence-electron chi connectivity index (χ3n) is 14.7. The summed E-state index contributed by atoms with van der Waals surface area (Å²) in [7, 11) is 0. The summed E-state index contributed by atoms with van der Waals surface area (Å²) in [6, 6.07) is 0. The van der Waals surface area contributed by atoms with Crippen molar-refractivity contribution in [1.82, 2.24) is 0 Å². The number of carbonyl (C=O) groups excluding carboxylic acids is 3. The smallest absolute Gasteiger partial charge is 0.306 e. The van der Waals surface area contributed by atoms with Crippen LogP contribution in [0.3, 0.4) is 0 Å². The molecule has 424 valence electrons. The normalized spacial score (nSPS) is 12.1. The fourth-order valence-corrected chi connectivity index (χ4v) is 9.83. The zero-order chi connectivity index (χ0) is 52.2. The van der Waals surface area contributed by atoms with Crippen molar-refractivity contribution in [2.45, 2.75) is 367 Å². The molecule has 0 spiro atoms. The van der Waals surface area contributed by atoms with E-state index in [-0.39, 0.29) is 31.1 Å². The lowest BCUT2D eigenvalue weighted by Gasteiger charge is -2.18. The van der Waals surface area contributed by atoms with E-state index >= 15 is 0 Å². The number of rotatable bonds is 60. The van der Waals surface area contributed by atoms with Gasteiger partial charge in [-0.1, -0.05) is 315 Å². The van der Waals surface area contributed by atoms with Crippen LogP contribution in [0.15, 0.2) is 24.3 Å². The summed E-state index contributed by atoms with van der Waals surface area (Å²) in [5.41, 5.74) is 0. The van der Waals surface area contributed by atoms with Gasteiger partial charge in [0.1, 0.15) is 13.2 Å². The van der Waals surface area contributed by atoms with Crippen LogP contribution in [-0.4, -0.2) is 37.2 Å². The van der Waals surface area contributed by atoms with Crippen molar-refractivity contribution in [2.75, 3.05) is 13.2 Å². The Labute approximate surface area is 449 Å². The second-order valence-electron chi connectivity index (χ2n) is 22.0. The van der Waals surface area contributed by atoms with Gasteiger partial charge >= 0.3 is 17.9 Å². The summed E-state index contributed by atoms with van der Waals surface area (Å²) in [4.78, 5) is 38.3. The Morgan fingerprint density at radius 1 is 0.278 bits per heavy atom. The maximum atomic E-state index is 12.9. The molecule has 0 radical (unpaired) electrons. The molecule has 0 rings (SSSR count). The monoisotopic (exact) mass is 1010 g/mol. The molecule has 72 heavy (non-hydrogen) atoms. The van der Waals surface area contributed by atoms with Crippen molar-refractivity contribution < 1.29 is 28.6 Å². The lowest BCUT2D eigenvalue weighted by molar-refractivity contribution is -0.167. The molecule has 0 aliphatic rings. The van der Waals surface area contributed by atoms with Gasteiger partial charge in [0.05, 0.1) is 0 Å². The van der Waals surface area contributed by atoms with Gasteiger partial charge in [-0.05, 0) is 51.4 Å². The van der Waals surface area contributed by atoms with Gasteiger partial charge in [0.25, 0.3) is 0 Å². The number of unbranched alkanes of at least 4 members (excludes halogenated alkanes) is 45. The lowest BCUT2D eigenvalue weighted by Crippen LogP contribution is -2.30. The molecule has 0 aromatic carbocycles. The minimum Gasteiger partial charge on any atom is -0.462 e. The number of allylic oxidation sites excluding steroid dienone is 4. The van der Waals surface area contributed by atoms with Crippen molar-refractivity contribution in [2.24, 2.45) is 0 Å². The first-order valence-corrected chi connectivity index (χ1v) is 32.3. The number of hydrogen-bond acceptors (Lipinski definition) is 6. The van der Waals surface area contributed by atoms with Crippen LogP contribution in [0.1, 0.15) is 361 Å². The highest BCUT2D eigenvalue weighted by Gasteiger charge is 2.19. The number of esters is 3. The molecular weight excluding hydrogens is 889 g/mol. The van der Waals surface area contributed by atoms with Gasteiger partial charge in [0, 0.05) is 19.3 Å². The number of carbonyl (C=O) groups is 3. The summed E-state index contributed by atoms with van der Waals surface area (Å²) >= 11 is 0. The van der Waals surface area contributed by atoms with E-state index in [2.05, 4.69) is 45.1 Å². The highest BCUT2D eigenvalue weighted by atomic mass is 16.6. The molecule has 6 nitrogen and oxygen atoms in total. The Morgan fingerprint density at radius 2 is 0.500 bits per heavy atom. The van der Waals surface area contributed by atoms with Crippen LogP contribution in [0, 0.1) is 0 Å². The second kappa shape index (κ2) is 61.4. The van der Waals surface area contributed by atoms with E-state index in [4.69, 9.17) is 14.2 Å². The van der Waals surface area contributed by atoms with E-state index in [9.17, 15) is 14.4 Å². The average molecular weight is 1010 g/mol. The molecule has 0 bridgehead atoms. The van der Waals surface area contributed by atoms with E-state index in [0.29, 0.717) is 19.3 Å². The van der Waals surface area contributed by atoms with Crippen molar-refractivity contribution >= 4 is 17.9 Å². The van der Waals surface area contributed by atoms with Crippen molar-refractivity contribution in [3.8, 4) is 0 Å². The summed E-state index contributed by atoms with van der Waals surface area (Å²) in [6.45, 7) is 6.68. The van der Waals surface area contributed by atoms with E-state index in [1.54, 1.807) is 0 Å². The van der Waals surface area contributed by atoms with Gasteiger partial charge in [-0.15, -0.1) is 0 Å². The molecule has 6 heteroatoms. The number of hydrogen-bond donors (Lipinski definition) is 0. The van der Waals surface area contributed by atoms with Crippen LogP contribution < -0.4 is 0 Å². The minimum atomic E-state index is -0.769. The third kappa shape index (κ3) is 58.8. The Kier molecular flexibility index (Phi) is 59.6. The van der Waals surface area contributed by atoms with E-state index in [0.717, 1.165) is 64.2 Å². The first kappa shape index (κ1) is 69.9. The Morgan fingerprint density at radius 3 is 0.792 bits per heavy atom. The van der Waals surface area contributed by atoms with Gasteiger partial charge in [-0.3, -0.25) is 14.4 Å². The number of ether oxygens (including phenoxy) is 3.